The molecule has 1 N–H and O–H groups in total. The maximum absolute atomic E-state index is 12.9. The first kappa shape index (κ1) is 20.0. The van der Waals surface area contributed by atoms with Gasteiger partial charge >= 0.3 is 18.0 Å². The van der Waals surface area contributed by atoms with Gasteiger partial charge in [0.1, 0.15) is 0 Å². The van der Waals surface area contributed by atoms with Crippen LogP contribution < -0.4 is 10.2 Å². The Morgan fingerprint density at radius 1 is 0.964 bits per heavy atom. The van der Waals surface area contributed by atoms with E-state index in [1.807, 2.05) is 30.3 Å². The minimum atomic E-state index is -4.66. The third kappa shape index (κ3) is 4.56. The fourth-order valence-electron chi connectivity index (χ4n) is 2.95. The van der Waals surface area contributed by atoms with E-state index in [2.05, 4.69) is 10.2 Å². The fourth-order valence-corrected chi connectivity index (χ4v) is 3.18. The topological polar surface area (TPSA) is 52.7 Å². The van der Waals surface area contributed by atoms with Gasteiger partial charge in [0.15, 0.2) is 0 Å². The summed E-state index contributed by atoms with van der Waals surface area (Å²) in [5, 5.41) is 1.74. The Morgan fingerprint density at radius 2 is 1.61 bits per heavy atom. The lowest BCUT2D eigenvalue weighted by Gasteiger charge is -2.35. The molecule has 0 saturated carbocycles. The molecule has 0 atom stereocenters. The molecule has 148 valence electrons. The number of piperazine rings is 1. The fraction of sp³-hybridized carbons (Fsp3) is 0.263. The van der Waals surface area contributed by atoms with Crippen LogP contribution in [-0.4, -0.2) is 42.9 Å². The van der Waals surface area contributed by atoms with Crippen molar-refractivity contribution < 1.29 is 22.8 Å². The molecular weight excluding hydrogens is 395 g/mol. The lowest BCUT2D eigenvalue weighted by Crippen LogP contribution is -2.51. The molecule has 0 spiro atoms. The van der Waals surface area contributed by atoms with E-state index in [1.165, 1.54) is 11.0 Å². The number of halogens is 4. The number of rotatable bonds is 2. The molecule has 2 amide bonds. The van der Waals surface area contributed by atoms with Gasteiger partial charge in [0.2, 0.25) is 0 Å². The smallest absolute Gasteiger partial charge is 0.368 e. The summed E-state index contributed by atoms with van der Waals surface area (Å²) in [6.07, 6.45) is -4.66. The molecule has 0 aromatic heterocycles. The van der Waals surface area contributed by atoms with Gasteiger partial charge in [-0.2, -0.15) is 13.2 Å². The van der Waals surface area contributed by atoms with E-state index in [0.717, 1.165) is 11.8 Å². The van der Waals surface area contributed by atoms with Crippen molar-refractivity contribution in [3.63, 3.8) is 0 Å². The number of nitrogens with zero attached hydrogens (tertiary/aromatic N) is 2. The maximum atomic E-state index is 12.9. The second-order valence-electron chi connectivity index (χ2n) is 6.26. The first-order chi connectivity index (χ1) is 13.3. The number of para-hydroxylation sites is 1. The summed E-state index contributed by atoms with van der Waals surface area (Å²) in [4.78, 5) is 28.0. The second kappa shape index (κ2) is 8.10. The molecule has 1 fully saturated rings. The van der Waals surface area contributed by atoms with Crippen molar-refractivity contribution in [2.75, 3.05) is 36.4 Å². The Morgan fingerprint density at radius 3 is 2.21 bits per heavy atom. The zero-order chi connectivity index (χ0) is 20.3. The monoisotopic (exact) mass is 411 g/mol. The minimum Gasteiger partial charge on any atom is -0.368 e. The molecule has 0 radical (unpaired) electrons. The number of hydrogen-bond acceptors (Lipinski definition) is 3. The Balaban J connectivity index is 1.61. The molecule has 0 aliphatic carbocycles. The van der Waals surface area contributed by atoms with Crippen LogP contribution in [0.2, 0.25) is 5.02 Å². The summed E-state index contributed by atoms with van der Waals surface area (Å²) in [6, 6.07) is 12.6. The van der Waals surface area contributed by atoms with Gasteiger partial charge in [-0.15, -0.1) is 0 Å². The van der Waals surface area contributed by atoms with Crippen molar-refractivity contribution in [3.05, 3.63) is 59.1 Å². The average Bonchev–Trinajstić information content (AvgIpc) is 2.69. The van der Waals surface area contributed by atoms with Crippen molar-refractivity contribution in [1.29, 1.82) is 0 Å². The number of hydrogen-bond donors (Lipinski definition) is 1. The third-order valence-electron chi connectivity index (χ3n) is 4.41. The van der Waals surface area contributed by atoms with E-state index < -0.39 is 28.6 Å². The molecule has 1 aliphatic rings. The average molecular weight is 412 g/mol. The predicted octanol–water partition coefficient (Wildman–Crippen LogP) is 3.65. The van der Waals surface area contributed by atoms with Crippen molar-refractivity contribution in [1.82, 2.24) is 4.90 Å². The Hall–Kier alpha value is -2.74. The highest BCUT2D eigenvalue weighted by atomic mass is 35.5. The van der Waals surface area contributed by atoms with Crippen LogP contribution in [0.5, 0.6) is 0 Å². The normalized spacial score (nSPS) is 14.7. The summed E-state index contributed by atoms with van der Waals surface area (Å²) in [7, 11) is 0. The van der Waals surface area contributed by atoms with Gasteiger partial charge in [-0.05, 0) is 30.3 Å². The van der Waals surface area contributed by atoms with Crippen LogP contribution in [0.3, 0.4) is 0 Å². The zero-order valence-corrected chi connectivity index (χ0v) is 15.4. The molecule has 1 aliphatic heterocycles. The molecule has 9 heteroatoms. The van der Waals surface area contributed by atoms with E-state index in [4.69, 9.17) is 11.6 Å². The van der Waals surface area contributed by atoms with Crippen molar-refractivity contribution >= 4 is 34.8 Å². The number of carbonyl (C=O) groups is 2. The molecule has 2 aromatic rings. The molecule has 5 nitrogen and oxygen atoms in total. The number of nitrogens with one attached hydrogen (secondary N) is 1. The van der Waals surface area contributed by atoms with Crippen molar-refractivity contribution in [3.8, 4) is 0 Å². The minimum absolute atomic E-state index is 0.141. The molecular formula is C19H17ClF3N3O2. The van der Waals surface area contributed by atoms with E-state index in [9.17, 15) is 22.8 Å². The summed E-state index contributed by atoms with van der Waals surface area (Å²) >= 11 is 5.55. The first-order valence-corrected chi connectivity index (χ1v) is 8.90. The van der Waals surface area contributed by atoms with Crippen LogP contribution in [-0.2, 0) is 15.8 Å². The quantitative estimate of drug-likeness (QED) is 0.767. The molecule has 0 bridgehead atoms. The maximum Gasteiger partial charge on any atom is 0.417 e. The van der Waals surface area contributed by atoms with E-state index in [0.29, 0.717) is 32.2 Å². The SMILES string of the molecule is O=C(Nc1ccc(Cl)c(C(F)(F)F)c1)C(=O)N1CCN(c2ccccc2)CC1. The van der Waals surface area contributed by atoms with Crippen molar-refractivity contribution in [2.45, 2.75) is 6.18 Å². The molecule has 28 heavy (non-hydrogen) atoms. The lowest BCUT2D eigenvalue weighted by atomic mass is 10.2. The van der Waals surface area contributed by atoms with Gasteiger partial charge in [-0.3, -0.25) is 9.59 Å². The third-order valence-corrected chi connectivity index (χ3v) is 4.74. The van der Waals surface area contributed by atoms with Gasteiger partial charge in [0.25, 0.3) is 0 Å². The van der Waals surface area contributed by atoms with Gasteiger partial charge < -0.3 is 15.1 Å². The summed E-state index contributed by atoms with van der Waals surface area (Å²) in [5.74, 6) is -1.76. The van der Waals surface area contributed by atoms with E-state index in [-0.39, 0.29) is 5.69 Å². The molecule has 2 aromatic carbocycles. The number of anilines is 2. The summed E-state index contributed by atoms with van der Waals surface area (Å²) in [5.41, 5.74) is -0.186. The number of amides is 2. The summed E-state index contributed by atoms with van der Waals surface area (Å²) < 4.78 is 38.7. The molecule has 3 rings (SSSR count). The predicted molar refractivity (Wildman–Crippen MR) is 100 cm³/mol. The van der Waals surface area contributed by atoms with Gasteiger partial charge in [-0.25, -0.2) is 0 Å². The highest BCUT2D eigenvalue weighted by Gasteiger charge is 2.34. The van der Waals surface area contributed by atoms with Crippen LogP contribution in [0.25, 0.3) is 0 Å². The largest absolute Gasteiger partial charge is 0.417 e. The lowest BCUT2D eigenvalue weighted by molar-refractivity contribution is -0.143. The first-order valence-electron chi connectivity index (χ1n) is 8.53. The standard InChI is InChI=1S/C19H17ClF3N3O2/c20-16-7-6-13(12-15(16)19(21,22)23)24-17(27)18(28)26-10-8-25(9-11-26)14-4-2-1-3-5-14/h1-7,12H,8-11H2,(H,24,27). The Labute approximate surface area is 164 Å². The van der Waals surface area contributed by atoms with Gasteiger partial charge in [-0.1, -0.05) is 29.8 Å². The van der Waals surface area contributed by atoms with Crippen molar-refractivity contribution in [2.24, 2.45) is 0 Å². The summed E-state index contributed by atoms with van der Waals surface area (Å²) in [6.45, 7) is 1.80. The molecule has 1 saturated heterocycles. The van der Waals surface area contributed by atoms with Crippen LogP contribution in [0.1, 0.15) is 5.56 Å². The Kier molecular flexibility index (Phi) is 5.79. The molecule has 1 heterocycles. The van der Waals surface area contributed by atoms with E-state index >= 15 is 0 Å². The van der Waals surface area contributed by atoms with Crippen LogP contribution in [0.4, 0.5) is 24.5 Å². The second-order valence-corrected chi connectivity index (χ2v) is 6.67. The number of benzene rings is 2. The van der Waals surface area contributed by atoms with Gasteiger partial charge in [0, 0.05) is 37.6 Å². The molecule has 0 unspecified atom stereocenters. The Bertz CT molecular complexity index is 866. The van der Waals surface area contributed by atoms with E-state index in [1.54, 1.807) is 0 Å². The van der Waals surface area contributed by atoms with Crippen LogP contribution in [0.15, 0.2) is 48.5 Å². The van der Waals surface area contributed by atoms with Gasteiger partial charge in [0.05, 0.1) is 10.6 Å². The zero-order valence-electron chi connectivity index (χ0n) is 14.7. The number of alkyl halides is 3. The number of carbonyl (C=O) groups excluding carboxylic acids is 2. The highest BCUT2D eigenvalue weighted by molar-refractivity contribution is 6.39. The highest BCUT2D eigenvalue weighted by Crippen LogP contribution is 2.36. The van der Waals surface area contributed by atoms with Crippen LogP contribution in [0, 0.1) is 0 Å². The van der Waals surface area contributed by atoms with Crippen LogP contribution >= 0.6 is 11.6 Å².